The first-order valence-electron chi connectivity index (χ1n) is 7.31. The maximum absolute atomic E-state index is 9.41. The molecule has 19 heavy (non-hydrogen) atoms. The van der Waals surface area contributed by atoms with Crippen molar-refractivity contribution in [1.29, 1.82) is 0 Å². The molecule has 3 unspecified atom stereocenters. The minimum absolute atomic E-state index is 0.165. The summed E-state index contributed by atoms with van der Waals surface area (Å²) in [5, 5.41) is 13.0. The Kier molecular flexibility index (Phi) is 6.02. The minimum atomic E-state index is -0.239. The summed E-state index contributed by atoms with van der Waals surface area (Å²) in [5.41, 5.74) is 1.55. The summed E-state index contributed by atoms with van der Waals surface area (Å²) in [7, 11) is 0. The average molecular weight is 263 g/mol. The van der Waals surface area contributed by atoms with Gasteiger partial charge < -0.3 is 10.4 Å². The van der Waals surface area contributed by atoms with Crippen LogP contribution < -0.4 is 5.32 Å². The quantitative estimate of drug-likeness (QED) is 0.789. The molecule has 1 aromatic carbocycles. The van der Waals surface area contributed by atoms with Crippen molar-refractivity contribution in [2.75, 3.05) is 0 Å². The monoisotopic (exact) mass is 263 g/mol. The molecular formula is C17H29NO. The third-order valence-corrected chi connectivity index (χ3v) is 3.64. The summed E-state index contributed by atoms with van der Waals surface area (Å²) in [6, 6.07) is 11.4. The topological polar surface area (TPSA) is 32.3 Å². The first kappa shape index (κ1) is 16.2. The second kappa shape index (κ2) is 7.06. The summed E-state index contributed by atoms with van der Waals surface area (Å²) in [4.78, 5) is 0. The van der Waals surface area contributed by atoms with Crippen molar-refractivity contribution in [3.63, 3.8) is 0 Å². The Morgan fingerprint density at radius 1 is 1.05 bits per heavy atom. The molecule has 2 nitrogen and oxygen atoms in total. The second-order valence-corrected chi connectivity index (χ2v) is 6.51. The maximum atomic E-state index is 9.41. The molecule has 2 N–H and O–H groups in total. The van der Waals surface area contributed by atoms with Gasteiger partial charge in [0.05, 0.1) is 6.10 Å². The third-order valence-electron chi connectivity index (χ3n) is 3.64. The highest BCUT2D eigenvalue weighted by atomic mass is 16.3. The molecule has 0 aromatic heterocycles. The number of aliphatic hydroxyl groups is 1. The van der Waals surface area contributed by atoms with Crippen LogP contribution >= 0.6 is 0 Å². The Balaban J connectivity index is 2.53. The van der Waals surface area contributed by atoms with E-state index in [2.05, 4.69) is 63.3 Å². The fourth-order valence-corrected chi connectivity index (χ4v) is 2.90. The summed E-state index contributed by atoms with van der Waals surface area (Å²) in [6.45, 7) is 10.8. The molecule has 0 saturated carbocycles. The Morgan fingerprint density at radius 2 is 1.63 bits per heavy atom. The van der Waals surface area contributed by atoms with Gasteiger partial charge in [0, 0.05) is 12.1 Å². The van der Waals surface area contributed by atoms with Crippen LogP contribution in [0.25, 0.3) is 0 Å². The maximum Gasteiger partial charge on any atom is 0.0526 e. The van der Waals surface area contributed by atoms with Crippen LogP contribution in [0, 0.1) is 0 Å². The van der Waals surface area contributed by atoms with Crippen LogP contribution in [0.5, 0.6) is 0 Å². The number of nitrogens with one attached hydrogen (secondary N) is 1. The van der Waals surface area contributed by atoms with Gasteiger partial charge in [0.1, 0.15) is 0 Å². The molecule has 0 amide bonds. The van der Waals surface area contributed by atoms with E-state index >= 15 is 0 Å². The summed E-state index contributed by atoms with van der Waals surface area (Å²) < 4.78 is 0. The average Bonchev–Trinajstić information content (AvgIpc) is 2.27. The van der Waals surface area contributed by atoms with Crippen molar-refractivity contribution >= 4 is 0 Å². The third kappa shape index (κ3) is 5.75. The van der Waals surface area contributed by atoms with E-state index in [4.69, 9.17) is 0 Å². The first-order chi connectivity index (χ1) is 8.81. The van der Waals surface area contributed by atoms with Gasteiger partial charge >= 0.3 is 0 Å². The van der Waals surface area contributed by atoms with E-state index in [9.17, 15) is 5.11 Å². The SMILES string of the molecule is CC(O)CC(C)NC(C)CC(C)(C)c1ccccc1. The normalized spacial score (nSPS) is 16.9. The second-order valence-electron chi connectivity index (χ2n) is 6.51. The van der Waals surface area contributed by atoms with Crippen LogP contribution in [0.2, 0.25) is 0 Å². The standard InChI is InChI=1S/C17H29NO/c1-13(11-15(3)19)18-14(2)12-17(4,5)16-9-7-6-8-10-16/h6-10,13-15,18-19H,11-12H2,1-5H3. The minimum Gasteiger partial charge on any atom is -0.393 e. The van der Waals surface area contributed by atoms with Crippen molar-refractivity contribution in [3.05, 3.63) is 35.9 Å². The zero-order chi connectivity index (χ0) is 14.5. The van der Waals surface area contributed by atoms with Gasteiger partial charge in [-0.05, 0) is 44.6 Å². The lowest BCUT2D eigenvalue weighted by molar-refractivity contribution is 0.167. The molecule has 3 atom stereocenters. The van der Waals surface area contributed by atoms with Gasteiger partial charge in [0.15, 0.2) is 0 Å². The molecule has 0 aliphatic carbocycles. The Morgan fingerprint density at radius 3 is 2.16 bits per heavy atom. The van der Waals surface area contributed by atoms with Crippen LogP contribution in [0.4, 0.5) is 0 Å². The van der Waals surface area contributed by atoms with E-state index in [1.165, 1.54) is 5.56 Å². The first-order valence-corrected chi connectivity index (χ1v) is 7.31. The van der Waals surface area contributed by atoms with Crippen LogP contribution in [-0.4, -0.2) is 23.3 Å². The van der Waals surface area contributed by atoms with Gasteiger partial charge in [-0.3, -0.25) is 0 Å². The summed E-state index contributed by atoms with van der Waals surface area (Å²) in [6.07, 6.45) is 1.65. The number of benzene rings is 1. The smallest absolute Gasteiger partial charge is 0.0526 e. The molecule has 1 rings (SSSR count). The van der Waals surface area contributed by atoms with Gasteiger partial charge in [0.25, 0.3) is 0 Å². The molecule has 0 aliphatic rings. The Labute approximate surface area is 118 Å². The van der Waals surface area contributed by atoms with Crippen LogP contribution in [0.3, 0.4) is 0 Å². The predicted molar refractivity (Wildman–Crippen MR) is 82.4 cm³/mol. The molecule has 2 heteroatoms. The fourth-order valence-electron chi connectivity index (χ4n) is 2.90. The highest BCUT2D eigenvalue weighted by Gasteiger charge is 2.23. The zero-order valence-corrected chi connectivity index (χ0v) is 13.0. The van der Waals surface area contributed by atoms with Gasteiger partial charge in [-0.25, -0.2) is 0 Å². The van der Waals surface area contributed by atoms with Crippen molar-refractivity contribution in [2.24, 2.45) is 0 Å². The predicted octanol–water partition coefficient (Wildman–Crippen LogP) is 3.49. The van der Waals surface area contributed by atoms with Crippen LogP contribution in [0.1, 0.15) is 53.0 Å². The van der Waals surface area contributed by atoms with Crippen molar-refractivity contribution < 1.29 is 5.11 Å². The Hall–Kier alpha value is -0.860. The van der Waals surface area contributed by atoms with Gasteiger partial charge in [-0.2, -0.15) is 0 Å². The van der Waals surface area contributed by atoms with E-state index in [1.54, 1.807) is 0 Å². The molecule has 108 valence electrons. The van der Waals surface area contributed by atoms with Crippen LogP contribution in [-0.2, 0) is 5.41 Å². The van der Waals surface area contributed by atoms with E-state index in [0.717, 1.165) is 12.8 Å². The number of hydrogen-bond donors (Lipinski definition) is 2. The van der Waals surface area contributed by atoms with E-state index < -0.39 is 0 Å². The Bertz CT molecular complexity index is 359. The molecule has 0 aliphatic heterocycles. The lowest BCUT2D eigenvalue weighted by Crippen LogP contribution is -2.39. The molecule has 0 heterocycles. The van der Waals surface area contributed by atoms with Gasteiger partial charge in [-0.15, -0.1) is 0 Å². The summed E-state index contributed by atoms with van der Waals surface area (Å²) in [5.74, 6) is 0. The van der Waals surface area contributed by atoms with Crippen molar-refractivity contribution in [1.82, 2.24) is 5.32 Å². The van der Waals surface area contributed by atoms with Crippen molar-refractivity contribution in [2.45, 2.75) is 71.1 Å². The molecular weight excluding hydrogens is 234 g/mol. The lowest BCUT2D eigenvalue weighted by Gasteiger charge is -2.31. The van der Waals surface area contributed by atoms with E-state index in [0.29, 0.717) is 12.1 Å². The molecule has 0 radical (unpaired) electrons. The fraction of sp³-hybridized carbons (Fsp3) is 0.647. The highest BCUT2D eigenvalue weighted by molar-refractivity contribution is 5.23. The number of aliphatic hydroxyl groups excluding tert-OH is 1. The molecule has 0 spiro atoms. The molecule has 1 aromatic rings. The van der Waals surface area contributed by atoms with Gasteiger partial charge in [-0.1, -0.05) is 44.2 Å². The number of hydrogen-bond acceptors (Lipinski definition) is 2. The molecule has 0 bridgehead atoms. The highest BCUT2D eigenvalue weighted by Crippen LogP contribution is 2.28. The van der Waals surface area contributed by atoms with Crippen molar-refractivity contribution in [3.8, 4) is 0 Å². The lowest BCUT2D eigenvalue weighted by atomic mass is 9.79. The van der Waals surface area contributed by atoms with E-state index in [-0.39, 0.29) is 11.5 Å². The largest absolute Gasteiger partial charge is 0.393 e. The summed E-state index contributed by atoms with van der Waals surface area (Å²) >= 11 is 0. The zero-order valence-electron chi connectivity index (χ0n) is 13.0. The number of rotatable bonds is 7. The molecule has 0 saturated heterocycles. The molecule has 0 fully saturated rings. The van der Waals surface area contributed by atoms with Gasteiger partial charge in [0.2, 0.25) is 0 Å². The van der Waals surface area contributed by atoms with Crippen LogP contribution in [0.15, 0.2) is 30.3 Å². The van der Waals surface area contributed by atoms with E-state index in [1.807, 2.05) is 6.92 Å².